The molecule has 4 heteroatoms. The van der Waals surface area contributed by atoms with Crippen molar-refractivity contribution in [2.75, 3.05) is 5.32 Å². The number of nitrogens with one attached hydrogen (secondary N) is 1. The molecule has 1 aromatic rings. The largest absolute Gasteiger partial charge is 0.311 e. The summed E-state index contributed by atoms with van der Waals surface area (Å²) in [5.74, 6) is 0.637. The van der Waals surface area contributed by atoms with Gasteiger partial charge in [-0.3, -0.25) is 4.79 Å². The van der Waals surface area contributed by atoms with Crippen LogP contribution in [0.25, 0.3) is 0 Å². The summed E-state index contributed by atoms with van der Waals surface area (Å²) in [6.45, 7) is 6.55. The number of nitrogens with zero attached hydrogens (tertiary/aromatic N) is 1. The van der Waals surface area contributed by atoms with Crippen LogP contribution in [0.5, 0.6) is 0 Å². The van der Waals surface area contributed by atoms with Crippen molar-refractivity contribution in [1.82, 2.24) is 4.98 Å². The fourth-order valence-corrected chi connectivity index (χ4v) is 1.67. The average molecular weight is 299 g/mol. The van der Waals surface area contributed by atoms with E-state index in [1.54, 1.807) is 12.3 Å². The number of hydrogen-bond donors (Lipinski definition) is 1. The third-order valence-corrected chi connectivity index (χ3v) is 2.79. The van der Waals surface area contributed by atoms with Crippen LogP contribution in [0.2, 0.25) is 0 Å². The molecule has 1 amide bonds. The van der Waals surface area contributed by atoms with Crippen LogP contribution in [-0.4, -0.2) is 10.9 Å². The fourth-order valence-electron chi connectivity index (χ4n) is 1.43. The minimum absolute atomic E-state index is 0.0315. The van der Waals surface area contributed by atoms with Gasteiger partial charge in [0.25, 0.3) is 0 Å². The molecular weight excluding hydrogens is 280 g/mol. The number of aromatic nitrogens is 1. The monoisotopic (exact) mass is 298 g/mol. The van der Waals surface area contributed by atoms with E-state index in [0.717, 1.165) is 17.3 Å². The second-order valence-corrected chi connectivity index (χ2v) is 6.24. The standard InChI is InChI=1S/C13H19BrN2O/c1-13(2,3)8-4-5-12(17)16-11-7-6-10(14)9-15-11/h6-7,9H,4-5,8H2,1-3H3,(H,15,16,17). The van der Waals surface area contributed by atoms with Crippen molar-refractivity contribution >= 4 is 27.7 Å². The minimum atomic E-state index is 0.0315. The van der Waals surface area contributed by atoms with Crippen molar-refractivity contribution in [3.63, 3.8) is 0 Å². The summed E-state index contributed by atoms with van der Waals surface area (Å²) >= 11 is 3.30. The van der Waals surface area contributed by atoms with Crippen LogP contribution < -0.4 is 5.32 Å². The van der Waals surface area contributed by atoms with E-state index in [9.17, 15) is 4.79 Å². The molecule has 0 aliphatic carbocycles. The van der Waals surface area contributed by atoms with E-state index in [1.165, 1.54) is 0 Å². The topological polar surface area (TPSA) is 42.0 Å². The summed E-state index contributed by atoms with van der Waals surface area (Å²) in [5.41, 5.74) is 0.288. The van der Waals surface area contributed by atoms with Gasteiger partial charge in [-0.05, 0) is 46.3 Å². The Bertz CT molecular complexity index is 368. The molecule has 0 spiro atoms. The maximum absolute atomic E-state index is 11.6. The van der Waals surface area contributed by atoms with Gasteiger partial charge >= 0.3 is 0 Å². The number of rotatable bonds is 4. The number of halogens is 1. The first-order chi connectivity index (χ1) is 7.87. The van der Waals surface area contributed by atoms with E-state index in [-0.39, 0.29) is 11.3 Å². The smallest absolute Gasteiger partial charge is 0.225 e. The second kappa shape index (κ2) is 6.15. The molecule has 94 valence electrons. The van der Waals surface area contributed by atoms with Crippen molar-refractivity contribution < 1.29 is 4.79 Å². The lowest BCUT2D eigenvalue weighted by Crippen LogP contribution is -2.13. The van der Waals surface area contributed by atoms with Crippen LogP contribution in [0.1, 0.15) is 40.0 Å². The van der Waals surface area contributed by atoms with Crippen LogP contribution in [0.15, 0.2) is 22.8 Å². The highest BCUT2D eigenvalue weighted by Gasteiger charge is 2.11. The summed E-state index contributed by atoms with van der Waals surface area (Å²) in [6, 6.07) is 3.64. The van der Waals surface area contributed by atoms with Crippen molar-refractivity contribution in [1.29, 1.82) is 0 Å². The maximum atomic E-state index is 11.6. The molecule has 1 N–H and O–H groups in total. The molecule has 0 aliphatic rings. The molecule has 0 saturated carbocycles. The highest BCUT2D eigenvalue weighted by molar-refractivity contribution is 9.10. The SMILES string of the molecule is CC(C)(C)CCCC(=O)Nc1ccc(Br)cn1. The second-order valence-electron chi connectivity index (χ2n) is 5.32. The molecule has 1 aromatic heterocycles. The highest BCUT2D eigenvalue weighted by Crippen LogP contribution is 2.21. The van der Waals surface area contributed by atoms with Crippen LogP contribution >= 0.6 is 15.9 Å². The molecule has 0 unspecified atom stereocenters. The van der Waals surface area contributed by atoms with Gasteiger partial charge in [0.15, 0.2) is 0 Å². The first-order valence-electron chi connectivity index (χ1n) is 5.78. The van der Waals surface area contributed by atoms with Gasteiger partial charge in [-0.25, -0.2) is 4.98 Å². The number of pyridine rings is 1. The first-order valence-corrected chi connectivity index (χ1v) is 6.57. The van der Waals surface area contributed by atoms with Gasteiger partial charge in [0.05, 0.1) is 0 Å². The van der Waals surface area contributed by atoms with Gasteiger partial charge in [-0.15, -0.1) is 0 Å². The Morgan fingerprint density at radius 2 is 2.12 bits per heavy atom. The zero-order valence-electron chi connectivity index (χ0n) is 10.6. The number of carbonyl (C=O) groups is 1. The highest BCUT2D eigenvalue weighted by atomic mass is 79.9. The van der Waals surface area contributed by atoms with E-state index in [4.69, 9.17) is 0 Å². The first kappa shape index (κ1) is 14.2. The summed E-state index contributed by atoms with van der Waals surface area (Å²) in [6.07, 6.45) is 4.18. The van der Waals surface area contributed by atoms with E-state index < -0.39 is 0 Å². The molecule has 0 bridgehead atoms. The third kappa shape index (κ3) is 6.41. The number of carbonyl (C=O) groups excluding carboxylic acids is 1. The van der Waals surface area contributed by atoms with Gasteiger partial charge in [0.2, 0.25) is 5.91 Å². The summed E-state index contributed by atoms with van der Waals surface area (Å²) in [7, 11) is 0. The Morgan fingerprint density at radius 3 is 2.65 bits per heavy atom. The molecule has 0 aliphatic heterocycles. The van der Waals surface area contributed by atoms with E-state index in [0.29, 0.717) is 12.2 Å². The Labute approximate surface area is 111 Å². The van der Waals surface area contributed by atoms with Crippen molar-refractivity contribution in [3.05, 3.63) is 22.8 Å². The van der Waals surface area contributed by atoms with Crippen LogP contribution in [-0.2, 0) is 4.79 Å². The Balaban J connectivity index is 2.32. The summed E-state index contributed by atoms with van der Waals surface area (Å²) in [5, 5.41) is 2.78. The molecule has 0 radical (unpaired) electrons. The lowest BCUT2D eigenvalue weighted by molar-refractivity contribution is -0.116. The molecule has 0 atom stereocenters. The van der Waals surface area contributed by atoms with Gasteiger partial charge in [-0.1, -0.05) is 20.8 Å². The fraction of sp³-hybridized carbons (Fsp3) is 0.538. The Hall–Kier alpha value is -0.900. The Kier molecular flexibility index (Phi) is 5.12. The van der Waals surface area contributed by atoms with Crippen LogP contribution in [0.4, 0.5) is 5.82 Å². The van der Waals surface area contributed by atoms with Crippen LogP contribution in [0, 0.1) is 5.41 Å². The predicted octanol–water partition coefficient (Wildman–Crippen LogP) is 4.00. The van der Waals surface area contributed by atoms with E-state index >= 15 is 0 Å². The van der Waals surface area contributed by atoms with Crippen LogP contribution in [0.3, 0.4) is 0 Å². The van der Waals surface area contributed by atoms with Crippen molar-refractivity contribution in [2.24, 2.45) is 5.41 Å². The average Bonchev–Trinajstić information content (AvgIpc) is 2.19. The van der Waals surface area contributed by atoms with Crippen molar-refractivity contribution in [3.8, 4) is 0 Å². The summed E-state index contributed by atoms with van der Waals surface area (Å²) in [4.78, 5) is 15.7. The van der Waals surface area contributed by atoms with Gasteiger partial charge in [0.1, 0.15) is 5.82 Å². The predicted molar refractivity (Wildman–Crippen MR) is 73.9 cm³/mol. The maximum Gasteiger partial charge on any atom is 0.225 e. The third-order valence-electron chi connectivity index (χ3n) is 2.33. The minimum Gasteiger partial charge on any atom is -0.311 e. The molecule has 0 aromatic carbocycles. The molecule has 0 fully saturated rings. The van der Waals surface area contributed by atoms with Gasteiger partial charge < -0.3 is 5.32 Å². The number of anilines is 1. The van der Waals surface area contributed by atoms with Gasteiger partial charge in [0, 0.05) is 17.1 Å². The lowest BCUT2D eigenvalue weighted by atomic mass is 9.90. The molecule has 17 heavy (non-hydrogen) atoms. The molecule has 1 heterocycles. The zero-order chi connectivity index (χ0) is 12.9. The molecule has 3 nitrogen and oxygen atoms in total. The lowest BCUT2D eigenvalue weighted by Gasteiger charge is -2.17. The molecule has 1 rings (SSSR count). The Morgan fingerprint density at radius 1 is 1.41 bits per heavy atom. The zero-order valence-corrected chi connectivity index (χ0v) is 12.2. The van der Waals surface area contributed by atoms with Crippen molar-refractivity contribution in [2.45, 2.75) is 40.0 Å². The molecule has 0 saturated heterocycles. The number of amides is 1. The molecular formula is C13H19BrN2O. The quantitative estimate of drug-likeness (QED) is 0.913. The summed E-state index contributed by atoms with van der Waals surface area (Å²) < 4.78 is 0.906. The number of hydrogen-bond acceptors (Lipinski definition) is 2. The normalized spacial score (nSPS) is 11.3. The van der Waals surface area contributed by atoms with Gasteiger partial charge in [-0.2, -0.15) is 0 Å². The van der Waals surface area contributed by atoms with E-state index in [1.807, 2.05) is 6.07 Å². The van der Waals surface area contributed by atoms with E-state index in [2.05, 4.69) is 47.0 Å².